The second-order valence-corrected chi connectivity index (χ2v) is 5.82. The fourth-order valence-corrected chi connectivity index (χ4v) is 1.32. The van der Waals surface area contributed by atoms with Gasteiger partial charge in [-0.1, -0.05) is 13.8 Å². The fraction of sp³-hybridized carbons (Fsp3) is 0.778. The average Bonchev–Trinajstić information content (AvgIpc) is 2.00. The van der Waals surface area contributed by atoms with E-state index in [0.717, 1.165) is 0 Å². The van der Waals surface area contributed by atoms with Gasteiger partial charge in [0.15, 0.2) is 0 Å². The van der Waals surface area contributed by atoms with Crippen molar-refractivity contribution in [1.82, 2.24) is 0 Å². The van der Waals surface area contributed by atoms with Crippen LogP contribution in [0.3, 0.4) is 0 Å². The Bertz CT molecular complexity index is 243. The lowest BCUT2D eigenvalue weighted by molar-refractivity contribution is 0.0483. The lowest BCUT2D eigenvalue weighted by Crippen LogP contribution is -2.23. The first-order valence-electron chi connectivity index (χ1n) is 4.57. The SMILES string of the molecule is COCC(C)(C)COC=CCP(=O)(O)O. The third kappa shape index (κ3) is 9.94. The minimum absolute atomic E-state index is 0.110. The molecule has 15 heavy (non-hydrogen) atoms. The van der Waals surface area contributed by atoms with Crippen LogP contribution in [0.1, 0.15) is 13.8 Å². The maximum Gasteiger partial charge on any atom is 0.329 e. The Balaban J connectivity index is 3.74. The van der Waals surface area contributed by atoms with E-state index >= 15 is 0 Å². The summed E-state index contributed by atoms with van der Waals surface area (Å²) in [5.41, 5.74) is -0.110. The van der Waals surface area contributed by atoms with Crippen LogP contribution in [-0.4, -0.2) is 36.3 Å². The summed E-state index contributed by atoms with van der Waals surface area (Å²) in [7, 11) is -2.33. The van der Waals surface area contributed by atoms with Crippen molar-refractivity contribution < 1.29 is 23.8 Å². The van der Waals surface area contributed by atoms with Gasteiger partial charge in [0.25, 0.3) is 0 Å². The van der Waals surface area contributed by atoms with Gasteiger partial charge in [-0.2, -0.15) is 0 Å². The minimum atomic E-state index is -3.95. The van der Waals surface area contributed by atoms with E-state index < -0.39 is 7.60 Å². The van der Waals surface area contributed by atoms with Gasteiger partial charge in [-0.25, -0.2) is 0 Å². The highest BCUT2D eigenvalue weighted by molar-refractivity contribution is 7.51. The van der Waals surface area contributed by atoms with Gasteiger partial charge in [0.05, 0.1) is 25.6 Å². The first-order chi connectivity index (χ1) is 6.77. The molecule has 0 saturated carbocycles. The topological polar surface area (TPSA) is 76.0 Å². The average molecular weight is 238 g/mol. The Kier molecular flexibility index (Phi) is 6.13. The Morgan fingerprint density at radius 2 is 1.93 bits per heavy atom. The van der Waals surface area contributed by atoms with Crippen molar-refractivity contribution in [1.29, 1.82) is 0 Å². The highest BCUT2D eigenvalue weighted by Gasteiger charge is 2.17. The summed E-state index contributed by atoms with van der Waals surface area (Å²) >= 11 is 0. The molecule has 6 heteroatoms. The standard InChI is InChI=1S/C9H19O5P/c1-9(2,7-13-3)8-14-5-4-6-15(10,11)12/h4-5H,6-8H2,1-3H3,(H2,10,11,12). The van der Waals surface area contributed by atoms with Gasteiger partial charge in [0.2, 0.25) is 0 Å². The molecular formula is C9H19O5P. The van der Waals surface area contributed by atoms with Gasteiger partial charge in [-0.15, -0.1) is 0 Å². The maximum atomic E-state index is 10.5. The maximum absolute atomic E-state index is 10.5. The van der Waals surface area contributed by atoms with Gasteiger partial charge in [-0.3, -0.25) is 4.57 Å². The smallest absolute Gasteiger partial charge is 0.329 e. The number of hydrogen-bond acceptors (Lipinski definition) is 3. The van der Waals surface area contributed by atoms with Crippen molar-refractivity contribution >= 4 is 7.60 Å². The molecule has 0 radical (unpaired) electrons. The van der Waals surface area contributed by atoms with Crippen LogP contribution < -0.4 is 0 Å². The molecule has 0 amide bonds. The Morgan fingerprint density at radius 1 is 1.33 bits per heavy atom. The number of rotatable bonds is 7. The molecule has 0 aliphatic carbocycles. The van der Waals surface area contributed by atoms with Crippen LogP contribution in [0.15, 0.2) is 12.3 Å². The molecule has 0 aromatic heterocycles. The number of allylic oxidation sites excluding steroid dienone is 1. The van der Waals surface area contributed by atoms with Crippen LogP contribution in [0.5, 0.6) is 0 Å². The van der Waals surface area contributed by atoms with Gasteiger partial charge in [0, 0.05) is 12.5 Å². The molecule has 0 aliphatic heterocycles. The van der Waals surface area contributed by atoms with Crippen molar-refractivity contribution in [3.63, 3.8) is 0 Å². The molecule has 0 heterocycles. The van der Waals surface area contributed by atoms with Crippen LogP contribution in [0, 0.1) is 5.41 Å². The summed E-state index contributed by atoms with van der Waals surface area (Å²) in [6.45, 7) is 4.97. The van der Waals surface area contributed by atoms with Crippen molar-refractivity contribution in [3.8, 4) is 0 Å². The van der Waals surface area contributed by atoms with E-state index in [2.05, 4.69) is 0 Å². The van der Waals surface area contributed by atoms with E-state index in [1.165, 1.54) is 12.3 Å². The van der Waals surface area contributed by atoms with E-state index in [9.17, 15) is 4.57 Å². The first-order valence-corrected chi connectivity index (χ1v) is 6.37. The first kappa shape index (κ1) is 14.6. The summed E-state index contributed by atoms with van der Waals surface area (Å²) in [5.74, 6) is 0. The van der Waals surface area contributed by atoms with Crippen LogP contribution >= 0.6 is 7.60 Å². The lowest BCUT2D eigenvalue weighted by atomic mass is 9.96. The van der Waals surface area contributed by atoms with Gasteiger partial charge in [0.1, 0.15) is 0 Å². The number of hydrogen-bond donors (Lipinski definition) is 2. The Hall–Kier alpha value is -0.350. The van der Waals surface area contributed by atoms with E-state index in [-0.39, 0.29) is 11.6 Å². The molecule has 90 valence electrons. The zero-order valence-corrected chi connectivity index (χ0v) is 10.2. The van der Waals surface area contributed by atoms with E-state index in [1.807, 2.05) is 13.8 Å². The third-order valence-electron chi connectivity index (χ3n) is 1.54. The second kappa shape index (κ2) is 6.28. The molecule has 0 aliphatic rings. The highest BCUT2D eigenvalue weighted by atomic mass is 31.2. The van der Waals surface area contributed by atoms with Crippen molar-refractivity contribution in [3.05, 3.63) is 12.3 Å². The van der Waals surface area contributed by atoms with Gasteiger partial charge in [-0.05, 0) is 6.08 Å². The van der Waals surface area contributed by atoms with Gasteiger partial charge >= 0.3 is 7.60 Å². The van der Waals surface area contributed by atoms with Crippen molar-refractivity contribution in [2.24, 2.45) is 5.41 Å². The van der Waals surface area contributed by atoms with Gasteiger partial charge < -0.3 is 19.3 Å². The summed E-state index contributed by atoms with van der Waals surface area (Å²) < 4.78 is 20.6. The fourth-order valence-electron chi connectivity index (χ4n) is 0.954. The molecule has 5 nitrogen and oxygen atoms in total. The summed E-state index contributed by atoms with van der Waals surface area (Å²) in [4.78, 5) is 17.1. The normalized spacial score (nSPS) is 13.4. The molecule has 0 unspecified atom stereocenters. The van der Waals surface area contributed by atoms with Crippen LogP contribution in [0.2, 0.25) is 0 Å². The molecule has 0 saturated heterocycles. The quantitative estimate of drug-likeness (QED) is 0.517. The molecule has 0 aromatic rings. The predicted molar refractivity (Wildman–Crippen MR) is 57.7 cm³/mol. The van der Waals surface area contributed by atoms with E-state index in [0.29, 0.717) is 13.2 Å². The Labute approximate surface area is 90.2 Å². The molecule has 0 rings (SSSR count). The summed E-state index contributed by atoms with van der Waals surface area (Å²) in [5, 5.41) is 0. The number of methoxy groups -OCH3 is 1. The van der Waals surface area contributed by atoms with E-state index in [1.54, 1.807) is 7.11 Å². The third-order valence-corrected chi connectivity index (χ3v) is 2.23. The summed E-state index contributed by atoms with van der Waals surface area (Å²) in [6, 6.07) is 0. The Morgan fingerprint density at radius 3 is 2.40 bits per heavy atom. The second-order valence-electron chi connectivity index (χ2n) is 4.13. The molecular weight excluding hydrogens is 219 g/mol. The molecule has 0 atom stereocenters. The van der Waals surface area contributed by atoms with Crippen molar-refractivity contribution in [2.45, 2.75) is 13.8 Å². The summed E-state index contributed by atoms with van der Waals surface area (Å²) in [6.07, 6.45) is 2.35. The molecule has 0 fully saturated rings. The molecule has 0 spiro atoms. The lowest BCUT2D eigenvalue weighted by Gasteiger charge is -2.22. The highest BCUT2D eigenvalue weighted by Crippen LogP contribution is 2.33. The molecule has 2 N–H and O–H groups in total. The largest absolute Gasteiger partial charge is 0.501 e. The van der Waals surface area contributed by atoms with Crippen LogP contribution in [0.25, 0.3) is 0 Å². The zero-order chi connectivity index (χ0) is 11.9. The molecule has 0 bridgehead atoms. The van der Waals surface area contributed by atoms with E-state index in [4.69, 9.17) is 19.3 Å². The van der Waals surface area contributed by atoms with Crippen molar-refractivity contribution in [2.75, 3.05) is 26.5 Å². The minimum Gasteiger partial charge on any atom is -0.501 e. The van der Waals surface area contributed by atoms with Crippen LogP contribution in [0.4, 0.5) is 0 Å². The van der Waals surface area contributed by atoms with Crippen LogP contribution in [-0.2, 0) is 14.0 Å². The predicted octanol–water partition coefficient (Wildman–Crippen LogP) is 1.37. The zero-order valence-electron chi connectivity index (χ0n) is 9.34. The monoisotopic (exact) mass is 238 g/mol. The molecule has 0 aromatic carbocycles. The number of ether oxygens (including phenoxy) is 2.